The van der Waals surface area contributed by atoms with Gasteiger partial charge in [-0.2, -0.15) is 0 Å². The molecule has 3 rings (SSSR count). The second-order valence-electron chi connectivity index (χ2n) is 7.78. The van der Waals surface area contributed by atoms with Gasteiger partial charge in [0.15, 0.2) is 9.84 Å². The monoisotopic (exact) mass is 454 g/mol. The number of halogens is 1. The minimum atomic E-state index is -3.56. The Morgan fingerprint density at radius 2 is 2.03 bits per heavy atom. The smallest absolute Gasteiger partial charge is 0.261 e. The van der Waals surface area contributed by atoms with Crippen LogP contribution < -0.4 is 11.1 Å². The summed E-state index contributed by atoms with van der Waals surface area (Å²) in [6.45, 7) is 6.89. The van der Waals surface area contributed by atoms with Crippen molar-refractivity contribution in [2.45, 2.75) is 44.5 Å². The summed E-state index contributed by atoms with van der Waals surface area (Å²) >= 11 is 7.50. The van der Waals surface area contributed by atoms with Crippen molar-refractivity contribution < 1.29 is 13.2 Å². The van der Waals surface area contributed by atoms with Crippen LogP contribution in [-0.4, -0.2) is 35.6 Å². The molecule has 156 valence electrons. The number of sulfone groups is 1. The van der Waals surface area contributed by atoms with Crippen LogP contribution in [0.1, 0.15) is 46.7 Å². The van der Waals surface area contributed by atoms with Crippen LogP contribution in [0.15, 0.2) is 29.3 Å². The van der Waals surface area contributed by atoms with E-state index in [1.54, 1.807) is 6.92 Å². The van der Waals surface area contributed by atoms with Crippen molar-refractivity contribution in [2.24, 2.45) is 10.7 Å². The Labute approximate surface area is 179 Å². The summed E-state index contributed by atoms with van der Waals surface area (Å²) in [7, 11) is -3.56. The highest BCUT2D eigenvalue weighted by Crippen LogP contribution is 2.43. The Morgan fingerprint density at radius 1 is 1.34 bits per heavy atom. The molecule has 0 saturated carbocycles. The lowest BCUT2D eigenvalue weighted by atomic mass is 10.0. The van der Waals surface area contributed by atoms with E-state index in [9.17, 15) is 13.2 Å². The number of nitrogens with zero attached hydrogens (tertiary/aromatic N) is 2. The summed E-state index contributed by atoms with van der Waals surface area (Å²) < 4.78 is 24.3. The molecule has 10 heteroatoms. The Kier molecular flexibility index (Phi) is 5.53. The van der Waals surface area contributed by atoms with Gasteiger partial charge in [0.25, 0.3) is 5.91 Å². The second kappa shape index (κ2) is 7.37. The summed E-state index contributed by atoms with van der Waals surface area (Å²) in [6.07, 6.45) is 0. The first-order valence-corrected chi connectivity index (χ1v) is 11.8. The molecule has 0 aliphatic carbocycles. The largest absolute Gasteiger partial charge is 0.386 e. The zero-order valence-corrected chi connectivity index (χ0v) is 19.0. The van der Waals surface area contributed by atoms with Gasteiger partial charge in [0.05, 0.1) is 32.8 Å². The normalized spacial score (nSPS) is 22.7. The minimum Gasteiger partial charge on any atom is -0.386 e. The van der Waals surface area contributed by atoms with E-state index in [4.69, 9.17) is 17.3 Å². The summed E-state index contributed by atoms with van der Waals surface area (Å²) in [5.41, 5.74) is 6.45. The van der Waals surface area contributed by atoms with Gasteiger partial charge in [-0.25, -0.2) is 8.42 Å². The molecule has 0 saturated heterocycles. The first kappa shape index (κ1) is 21.7. The average Bonchev–Trinajstić information content (AvgIpc) is 3.00. The van der Waals surface area contributed by atoms with Gasteiger partial charge in [-0.15, -0.1) is 11.3 Å². The molecule has 7 nitrogen and oxygen atoms in total. The number of amidine groups is 1. The molecule has 0 spiro atoms. The number of aromatic nitrogens is 1. The van der Waals surface area contributed by atoms with E-state index in [2.05, 4.69) is 15.3 Å². The number of nitrogens with one attached hydrogen (secondary N) is 1. The van der Waals surface area contributed by atoms with Crippen molar-refractivity contribution in [1.29, 1.82) is 0 Å². The van der Waals surface area contributed by atoms with Gasteiger partial charge >= 0.3 is 0 Å². The summed E-state index contributed by atoms with van der Waals surface area (Å²) in [5, 5.41) is 3.10. The highest BCUT2D eigenvalue weighted by molar-refractivity contribution is 7.93. The van der Waals surface area contributed by atoms with E-state index in [-0.39, 0.29) is 24.0 Å². The van der Waals surface area contributed by atoms with Gasteiger partial charge < -0.3 is 11.1 Å². The van der Waals surface area contributed by atoms with Crippen LogP contribution >= 0.6 is 22.9 Å². The lowest BCUT2D eigenvalue weighted by Crippen LogP contribution is -2.54. The van der Waals surface area contributed by atoms with Gasteiger partial charge in [0.2, 0.25) is 0 Å². The third kappa shape index (κ3) is 4.04. The van der Waals surface area contributed by atoms with Crippen molar-refractivity contribution in [3.8, 4) is 0 Å². The molecular formula is C19H23ClN4O3S2. The zero-order chi connectivity index (χ0) is 21.6. The molecule has 1 aliphatic heterocycles. The lowest BCUT2D eigenvalue weighted by molar-refractivity contribution is 0.0954. The molecule has 1 atom stereocenters. The fourth-order valence-corrected chi connectivity index (χ4v) is 6.38. The first-order chi connectivity index (χ1) is 13.4. The standard InChI is InChI=1S/C19H23ClN4O3S2/c1-11-6-5-7-12(23-11)9-22-16(25)14-8-13(20)15(28-14)19(4)10-29(26,27)18(2,3)17(21)24-19/h5-8H,9-10H2,1-4H3,(H2,21,24)(H,22,25). The number of pyridine rings is 1. The Hall–Kier alpha value is -1.97. The number of nitrogens with two attached hydrogens (primary N) is 1. The van der Waals surface area contributed by atoms with Crippen molar-refractivity contribution in [3.05, 3.63) is 50.4 Å². The fourth-order valence-electron chi connectivity index (χ4n) is 3.06. The molecule has 1 amide bonds. The third-order valence-corrected chi connectivity index (χ3v) is 9.51. The summed E-state index contributed by atoms with van der Waals surface area (Å²) in [4.78, 5) is 22.3. The number of amides is 1. The van der Waals surface area contributed by atoms with Gasteiger partial charge in [0.1, 0.15) is 16.1 Å². The molecular weight excluding hydrogens is 432 g/mol. The van der Waals surface area contributed by atoms with E-state index in [1.807, 2.05) is 25.1 Å². The van der Waals surface area contributed by atoms with Crippen LogP contribution in [0.2, 0.25) is 5.02 Å². The van der Waals surface area contributed by atoms with Crippen LogP contribution in [0, 0.1) is 6.92 Å². The molecule has 2 aromatic heterocycles. The van der Waals surface area contributed by atoms with Gasteiger partial charge in [0, 0.05) is 5.69 Å². The van der Waals surface area contributed by atoms with Crippen LogP contribution in [0.3, 0.4) is 0 Å². The zero-order valence-electron chi connectivity index (χ0n) is 16.6. The van der Waals surface area contributed by atoms with Crippen LogP contribution in [-0.2, 0) is 21.9 Å². The SMILES string of the molecule is Cc1cccc(CNC(=O)c2cc(Cl)c(C3(C)CS(=O)(=O)C(C)(C)C(N)=N3)s2)n1. The lowest BCUT2D eigenvalue weighted by Gasteiger charge is -2.37. The molecule has 0 radical (unpaired) electrons. The van der Waals surface area contributed by atoms with Crippen LogP contribution in [0.5, 0.6) is 0 Å². The van der Waals surface area contributed by atoms with E-state index in [1.165, 1.54) is 19.9 Å². The molecule has 0 fully saturated rings. The summed E-state index contributed by atoms with van der Waals surface area (Å²) in [5.74, 6) is -0.513. The average molecular weight is 455 g/mol. The molecule has 3 heterocycles. The Bertz CT molecular complexity index is 1110. The molecule has 1 aliphatic rings. The Balaban J connectivity index is 1.86. The topological polar surface area (TPSA) is 115 Å². The highest BCUT2D eigenvalue weighted by atomic mass is 35.5. The Morgan fingerprint density at radius 3 is 2.66 bits per heavy atom. The number of hydrogen-bond donors (Lipinski definition) is 2. The van der Waals surface area contributed by atoms with E-state index >= 15 is 0 Å². The third-order valence-electron chi connectivity index (χ3n) is 5.01. The molecule has 29 heavy (non-hydrogen) atoms. The van der Waals surface area contributed by atoms with Crippen LogP contribution in [0.4, 0.5) is 0 Å². The minimum absolute atomic E-state index is 0.0345. The van der Waals surface area contributed by atoms with Crippen molar-refractivity contribution in [2.75, 3.05) is 5.75 Å². The van der Waals surface area contributed by atoms with Gasteiger partial charge in [-0.1, -0.05) is 17.7 Å². The van der Waals surface area contributed by atoms with Crippen LogP contribution in [0.25, 0.3) is 0 Å². The molecule has 2 aromatic rings. The summed E-state index contributed by atoms with van der Waals surface area (Å²) in [6, 6.07) is 7.11. The number of hydrogen-bond acceptors (Lipinski definition) is 7. The second-order valence-corrected chi connectivity index (χ2v) is 11.8. The predicted octanol–water partition coefficient (Wildman–Crippen LogP) is 2.81. The number of carbonyl (C=O) groups excluding carboxylic acids is 1. The fraction of sp³-hybridized carbons (Fsp3) is 0.421. The van der Waals surface area contributed by atoms with Crippen molar-refractivity contribution >= 4 is 44.5 Å². The molecule has 0 aromatic carbocycles. The number of aryl methyl sites for hydroxylation is 1. The molecule has 1 unspecified atom stereocenters. The predicted molar refractivity (Wildman–Crippen MR) is 116 cm³/mol. The highest BCUT2D eigenvalue weighted by Gasteiger charge is 2.49. The van der Waals surface area contributed by atoms with Crippen molar-refractivity contribution in [1.82, 2.24) is 10.3 Å². The van der Waals surface area contributed by atoms with E-state index in [0.717, 1.165) is 22.7 Å². The van der Waals surface area contributed by atoms with Gasteiger partial charge in [-0.3, -0.25) is 14.8 Å². The van der Waals surface area contributed by atoms with Crippen molar-refractivity contribution in [3.63, 3.8) is 0 Å². The quantitative estimate of drug-likeness (QED) is 0.737. The number of thiophene rings is 1. The van der Waals surface area contributed by atoms with Gasteiger partial charge in [-0.05, 0) is 45.9 Å². The molecule has 3 N–H and O–H groups in total. The molecule has 0 bridgehead atoms. The maximum absolute atomic E-state index is 12.8. The van der Waals surface area contributed by atoms with E-state index in [0.29, 0.717) is 14.8 Å². The number of aliphatic imine (C=N–C) groups is 1. The number of carbonyl (C=O) groups is 1. The maximum atomic E-state index is 12.8. The number of rotatable bonds is 4. The first-order valence-electron chi connectivity index (χ1n) is 8.94. The maximum Gasteiger partial charge on any atom is 0.261 e. The van der Waals surface area contributed by atoms with E-state index < -0.39 is 20.1 Å².